The molecule has 0 aliphatic heterocycles. The number of para-hydroxylation sites is 1. The van der Waals surface area contributed by atoms with E-state index in [1.807, 2.05) is 0 Å². The van der Waals surface area contributed by atoms with Gasteiger partial charge >= 0.3 is 0 Å². The number of aromatic nitrogens is 2. The second-order valence-electron chi connectivity index (χ2n) is 5.44. The standard InChI is InChI=1S/C16H12BrFN4O4S/c17-12-10-21(9-11-5-1-2-6-13(11)18)19-16(12)20-27(25,26)15-8-4-3-7-14(15)22(23)24/h1-8,10H,9H2,(H,19,20). The van der Waals surface area contributed by atoms with Crippen LogP contribution in [-0.4, -0.2) is 23.1 Å². The molecular formula is C16H12BrFN4O4S. The molecule has 0 fully saturated rings. The molecule has 3 rings (SSSR count). The molecule has 27 heavy (non-hydrogen) atoms. The highest BCUT2D eigenvalue weighted by Crippen LogP contribution is 2.28. The molecule has 0 radical (unpaired) electrons. The zero-order valence-electron chi connectivity index (χ0n) is 13.5. The minimum atomic E-state index is -4.25. The van der Waals surface area contributed by atoms with E-state index in [2.05, 4.69) is 25.8 Å². The van der Waals surface area contributed by atoms with E-state index in [0.29, 0.717) is 10.0 Å². The van der Waals surface area contributed by atoms with Crippen LogP contribution in [0, 0.1) is 15.9 Å². The molecule has 11 heteroatoms. The molecule has 0 aliphatic rings. The fraction of sp³-hybridized carbons (Fsp3) is 0.0625. The molecule has 3 aromatic rings. The third kappa shape index (κ3) is 4.14. The van der Waals surface area contributed by atoms with E-state index < -0.39 is 31.3 Å². The molecule has 1 aromatic heterocycles. The van der Waals surface area contributed by atoms with Crippen LogP contribution in [0.5, 0.6) is 0 Å². The van der Waals surface area contributed by atoms with Gasteiger partial charge < -0.3 is 0 Å². The van der Waals surface area contributed by atoms with Gasteiger partial charge in [-0.15, -0.1) is 0 Å². The van der Waals surface area contributed by atoms with Crippen molar-refractivity contribution in [1.29, 1.82) is 0 Å². The monoisotopic (exact) mass is 454 g/mol. The van der Waals surface area contributed by atoms with Crippen molar-refractivity contribution in [2.75, 3.05) is 4.72 Å². The number of hydrogen-bond donors (Lipinski definition) is 1. The highest BCUT2D eigenvalue weighted by molar-refractivity contribution is 9.10. The summed E-state index contributed by atoms with van der Waals surface area (Å²) in [5, 5.41) is 15.2. The summed E-state index contributed by atoms with van der Waals surface area (Å²) in [6.07, 6.45) is 1.48. The van der Waals surface area contributed by atoms with Gasteiger partial charge in [0.1, 0.15) is 5.82 Å². The molecule has 0 spiro atoms. The Morgan fingerprint density at radius 1 is 1.19 bits per heavy atom. The first kappa shape index (κ1) is 19.0. The van der Waals surface area contributed by atoms with Gasteiger partial charge in [0, 0.05) is 17.8 Å². The molecule has 0 saturated heterocycles. The average Bonchev–Trinajstić information content (AvgIpc) is 2.95. The van der Waals surface area contributed by atoms with Crippen LogP contribution in [-0.2, 0) is 16.6 Å². The Bertz CT molecular complexity index is 1120. The van der Waals surface area contributed by atoms with Gasteiger partial charge in [0.2, 0.25) is 0 Å². The molecule has 1 heterocycles. The van der Waals surface area contributed by atoms with E-state index in [9.17, 15) is 22.9 Å². The van der Waals surface area contributed by atoms with E-state index in [1.165, 1.54) is 29.1 Å². The predicted molar refractivity (Wildman–Crippen MR) is 99.3 cm³/mol. The van der Waals surface area contributed by atoms with Crippen molar-refractivity contribution in [2.45, 2.75) is 11.4 Å². The molecule has 0 aliphatic carbocycles. The number of rotatable bonds is 6. The van der Waals surface area contributed by atoms with Crippen LogP contribution < -0.4 is 4.72 Å². The fourth-order valence-corrected chi connectivity index (χ4v) is 4.10. The number of nitro benzene ring substituents is 1. The van der Waals surface area contributed by atoms with Crippen LogP contribution in [0.3, 0.4) is 0 Å². The maximum Gasteiger partial charge on any atom is 0.289 e. The minimum absolute atomic E-state index is 0.0653. The molecular weight excluding hydrogens is 443 g/mol. The molecule has 0 bridgehead atoms. The lowest BCUT2D eigenvalue weighted by Gasteiger charge is -2.07. The second kappa shape index (κ2) is 7.45. The Kier molecular flexibility index (Phi) is 5.24. The Labute approximate surface area is 162 Å². The molecule has 140 valence electrons. The van der Waals surface area contributed by atoms with Gasteiger partial charge in [-0.1, -0.05) is 30.3 Å². The SMILES string of the molecule is O=[N+]([O-])c1ccccc1S(=O)(=O)Nc1nn(Cc2ccccc2F)cc1Br. The zero-order chi connectivity index (χ0) is 19.6. The van der Waals surface area contributed by atoms with Crippen molar-refractivity contribution in [3.05, 3.63) is 80.7 Å². The third-order valence-electron chi connectivity index (χ3n) is 3.59. The second-order valence-corrected chi connectivity index (χ2v) is 7.95. The number of benzene rings is 2. The molecule has 0 amide bonds. The largest absolute Gasteiger partial charge is 0.289 e. The summed E-state index contributed by atoms with van der Waals surface area (Å²) < 4.78 is 42.7. The Morgan fingerprint density at radius 3 is 2.56 bits per heavy atom. The van der Waals surface area contributed by atoms with Crippen molar-refractivity contribution in [1.82, 2.24) is 9.78 Å². The van der Waals surface area contributed by atoms with Gasteiger partial charge in [-0.25, -0.2) is 12.8 Å². The lowest BCUT2D eigenvalue weighted by molar-refractivity contribution is -0.387. The van der Waals surface area contributed by atoms with Crippen LogP contribution in [0.15, 0.2) is 64.1 Å². The zero-order valence-corrected chi connectivity index (χ0v) is 15.9. The number of sulfonamides is 1. The predicted octanol–water partition coefficient (Wildman–Crippen LogP) is 3.54. The van der Waals surface area contributed by atoms with Crippen molar-refractivity contribution < 1.29 is 17.7 Å². The summed E-state index contributed by atoms with van der Waals surface area (Å²) >= 11 is 3.18. The first-order chi connectivity index (χ1) is 12.8. The summed E-state index contributed by atoms with van der Waals surface area (Å²) in [6.45, 7) is 0.0818. The topological polar surface area (TPSA) is 107 Å². The number of hydrogen-bond acceptors (Lipinski definition) is 5. The number of halogens is 2. The van der Waals surface area contributed by atoms with Crippen LogP contribution >= 0.6 is 15.9 Å². The average molecular weight is 455 g/mol. The molecule has 2 aromatic carbocycles. The summed E-state index contributed by atoms with van der Waals surface area (Å²) in [5.74, 6) is -0.476. The van der Waals surface area contributed by atoms with E-state index in [4.69, 9.17) is 0 Å². The Balaban J connectivity index is 1.89. The van der Waals surface area contributed by atoms with Gasteiger partial charge in [0.25, 0.3) is 15.7 Å². The van der Waals surface area contributed by atoms with Crippen molar-refractivity contribution in [2.24, 2.45) is 0 Å². The molecule has 0 saturated carbocycles. The first-order valence-corrected chi connectivity index (χ1v) is 9.78. The van der Waals surface area contributed by atoms with E-state index in [1.54, 1.807) is 18.2 Å². The molecule has 8 nitrogen and oxygen atoms in total. The van der Waals surface area contributed by atoms with Gasteiger partial charge in [0.15, 0.2) is 10.7 Å². The smallest absolute Gasteiger partial charge is 0.265 e. The molecule has 0 unspecified atom stereocenters. The summed E-state index contributed by atoms with van der Waals surface area (Å²) in [5.41, 5.74) is -0.174. The van der Waals surface area contributed by atoms with Gasteiger partial charge in [-0.2, -0.15) is 5.10 Å². The molecule has 1 N–H and O–H groups in total. The fourth-order valence-electron chi connectivity index (χ4n) is 2.37. The number of nitrogens with one attached hydrogen (secondary N) is 1. The van der Waals surface area contributed by atoms with Gasteiger partial charge in [0.05, 0.1) is 15.9 Å². The van der Waals surface area contributed by atoms with Gasteiger partial charge in [-0.3, -0.25) is 19.5 Å². The highest BCUT2D eigenvalue weighted by Gasteiger charge is 2.26. The highest BCUT2D eigenvalue weighted by atomic mass is 79.9. The van der Waals surface area contributed by atoms with E-state index in [0.717, 1.165) is 12.1 Å². The summed E-state index contributed by atoms with van der Waals surface area (Å²) in [4.78, 5) is 9.82. The van der Waals surface area contributed by atoms with Crippen LogP contribution in [0.2, 0.25) is 0 Å². The van der Waals surface area contributed by atoms with Crippen LogP contribution in [0.4, 0.5) is 15.9 Å². The normalized spacial score (nSPS) is 11.3. The molecule has 0 atom stereocenters. The third-order valence-corrected chi connectivity index (χ3v) is 5.56. The van der Waals surface area contributed by atoms with Gasteiger partial charge in [-0.05, 0) is 28.1 Å². The maximum atomic E-state index is 13.8. The Morgan fingerprint density at radius 2 is 1.85 bits per heavy atom. The van der Waals surface area contributed by atoms with Crippen molar-refractivity contribution >= 4 is 37.5 Å². The minimum Gasteiger partial charge on any atom is -0.265 e. The van der Waals surface area contributed by atoms with Crippen LogP contribution in [0.1, 0.15) is 5.56 Å². The van der Waals surface area contributed by atoms with Crippen molar-refractivity contribution in [3.8, 4) is 0 Å². The summed E-state index contributed by atoms with van der Waals surface area (Å²) in [7, 11) is -4.25. The lowest BCUT2D eigenvalue weighted by atomic mass is 10.2. The quantitative estimate of drug-likeness (QED) is 0.452. The lowest BCUT2D eigenvalue weighted by Crippen LogP contribution is -2.15. The van der Waals surface area contributed by atoms with Crippen LogP contribution in [0.25, 0.3) is 0 Å². The Hall–Kier alpha value is -2.79. The van der Waals surface area contributed by atoms with E-state index >= 15 is 0 Å². The maximum absolute atomic E-state index is 13.8. The first-order valence-electron chi connectivity index (χ1n) is 7.50. The number of nitrogens with zero attached hydrogens (tertiary/aromatic N) is 3. The van der Waals surface area contributed by atoms with Crippen molar-refractivity contribution in [3.63, 3.8) is 0 Å². The number of anilines is 1. The number of nitro groups is 1. The summed E-state index contributed by atoms with van der Waals surface area (Å²) in [6, 6.07) is 11.1. The van der Waals surface area contributed by atoms with E-state index in [-0.39, 0.29) is 12.4 Å².